The van der Waals surface area contributed by atoms with Crippen LogP contribution in [0.1, 0.15) is 5.56 Å². The molecule has 0 fully saturated rings. The molecule has 0 saturated carbocycles. The van der Waals surface area contributed by atoms with Crippen LogP contribution in [0, 0.1) is 0 Å². The average Bonchev–Trinajstić information content (AvgIpc) is 3.07. The highest BCUT2D eigenvalue weighted by Gasteiger charge is 2.32. The number of alkyl halides is 3. The Hall–Kier alpha value is -2.30. The molecule has 1 aromatic carbocycles. The van der Waals surface area contributed by atoms with Gasteiger partial charge in [-0.2, -0.15) is 13.2 Å². The zero-order valence-electron chi connectivity index (χ0n) is 13.8. The Kier molecular flexibility index (Phi) is 5.08. The van der Waals surface area contributed by atoms with Gasteiger partial charge in [-0.05, 0) is 30.3 Å². The zero-order valence-corrected chi connectivity index (χ0v) is 14.6. The van der Waals surface area contributed by atoms with Crippen molar-refractivity contribution < 1.29 is 27.2 Å². The standard InChI is InChI=1S/C16H14F3N3O3S/c1-24-9-25-13-8-10(16(17,18)19)5-6-11(13)14-12-4-3-7-22(12)15(21-20-14)26(2)23/h3-8H,9H2,1-2H3. The second-order valence-corrected chi connectivity index (χ2v) is 6.58. The van der Waals surface area contributed by atoms with Crippen molar-refractivity contribution in [1.29, 1.82) is 0 Å². The summed E-state index contributed by atoms with van der Waals surface area (Å²) in [5.41, 5.74) is 0.328. The third kappa shape index (κ3) is 3.48. The normalized spacial score (nSPS) is 13.2. The lowest BCUT2D eigenvalue weighted by Gasteiger charge is -2.15. The summed E-state index contributed by atoms with van der Waals surface area (Å²) in [4.78, 5) is 0. The Morgan fingerprint density at radius 3 is 2.65 bits per heavy atom. The van der Waals surface area contributed by atoms with Crippen LogP contribution in [0.2, 0.25) is 0 Å². The molecule has 1 unspecified atom stereocenters. The Bertz CT molecular complexity index is 928. The number of ether oxygens (including phenoxy) is 2. The predicted octanol–water partition coefficient (Wildman–Crippen LogP) is 3.14. The molecule has 1 atom stereocenters. The summed E-state index contributed by atoms with van der Waals surface area (Å²) in [5.74, 6) is -0.0376. The van der Waals surface area contributed by atoms with Crippen LogP contribution in [0.4, 0.5) is 13.2 Å². The lowest BCUT2D eigenvalue weighted by molar-refractivity contribution is -0.137. The van der Waals surface area contributed by atoms with Crippen molar-refractivity contribution >= 4 is 16.7 Å². The van der Waals surface area contributed by atoms with E-state index in [1.54, 1.807) is 22.7 Å². The fourth-order valence-corrected chi connectivity index (χ4v) is 3.05. The van der Waals surface area contributed by atoms with E-state index < -0.39 is 22.9 Å². The van der Waals surface area contributed by atoms with Gasteiger partial charge < -0.3 is 14.0 Å². The number of methoxy groups -OCH3 is 1. The number of aromatic nitrogens is 3. The van der Waals surface area contributed by atoms with Crippen molar-refractivity contribution in [2.45, 2.75) is 11.3 Å². The van der Waals surface area contributed by atoms with Gasteiger partial charge in [0.1, 0.15) is 17.7 Å². The fraction of sp³-hybridized carbons (Fsp3) is 0.250. The largest absolute Gasteiger partial charge is 0.609 e. The molecule has 0 radical (unpaired) electrons. The van der Waals surface area contributed by atoms with Gasteiger partial charge in [0.2, 0.25) is 0 Å². The minimum atomic E-state index is -4.51. The first-order chi connectivity index (χ1) is 12.3. The molecule has 0 aliphatic heterocycles. The Labute approximate surface area is 149 Å². The van der Waals surface area contributed by atoms with Crippen molar-refractivity contribution in [2.24, 2.45) is 0 Å². The maximum absolute atomic E-state index is 13.0. The van der Waals surface area contributed by atoms with Crippen molar-refractivity contribution in [3.8, 4) is 17.0 Å². The van der Waals surface area contributed by atoms with Gasteiger partial charge in [-0.25, -0.2) is 0 Å². The van der Waals surface area contributed by atoms with E-state index in [0.717, 1.165) is 12.1 Å². The fourth-order valence-electron chi connectivity index (χ4n) is 2.46. The molecule has 6 nitrogen and oxygen atoms in total. The first kappa shape index (κ1) is 18.5. The van der Waals surface area contributed by atoms with Crippen LogP contribution >= 0.6 is 0 Å². The molecule has 0 spiro atoms. The van der Waals surface area contributed by atoms with Gasteiger partial charge in [0.25, 0.3) is 0 Å². The molecule has 26 heavy (non-hydrogen) atoms. The molecule has 2 aromatic heterocycles. The minimum Gasteiger partial charge on any atom is -0.609 e. The van der Waals surface area contributed by atoms with Gasteiger partial charge in [-0.1, -0.05) is 5.10 Å². The van der Waals surface area contributed by atoms with E-state index in [4.69, 9.17) is 9.47 Å². The van der Waals surface area contributed by atoms with Crippen LogP contribution in [-0.4, -0.2) is 39.3 Å². The molecule has 0 amide bonds. The minimum absolute atomic E-state index is 0.0376. The van der Waals surface area contributed by atoms with Gasteiger partial charge in [0.05, 0.1) is 11.1 Å². The van der Waals surface area contributed by atoms with Gasteiger partial charge in [-0.3, -0.25) is 4.40 Å². The van der Waals surface area contributed by atoms with E-state index in [-0.39, 0.29) is 17.7 Å². The maximum atomic E-state index is 13.0. The van der Waals surface area contributed by atoms with Gasteiger partial charge in [0.15, 0.2) is 6.79 Å². The highest BCUT2D eigenvalue weighted by atomic mass is 32.2. The number of fused-ring (bicyclic) bond motifs is 1. The van der Waals surface area contributed by atoms with Gasteiger partial charge >= 0.3 is 11.3 Å². The molecular weight excluding hydrogens is 371 g/mol. The summed E-state index contributed by atoms with van der Waals surface area (Å²) in [7, 11) is 1.36. The quantitative estimate of drug-likeness (QED) is 0.498. The summed E-state index contributed by atoms with van der Waals surface area (Å²) >= 11 is -1.38. The lowest BCUT2D eigenvalue weighted by Crippen LogP contribution is -2.11. The summed E-state index contributed by atoms with van der Waals surface area (Å²) in [6.07, 6.45) is -1.39. The van der Waals surface area contributed by atoms with Crippen LogP contribution < -0.4 is 4.74 Å². The molecule has 0 bridgehead atoms. The number of benzene rings is 1. The lowest BCUT2D eigenvalue weighted by atomic mass is 10.1. The Morgan fingerprint density at radius 2 is 2.00 bits per heavy atom. The third-order valence-electron chi connectivity index (χ3n) is 3.59. The number of hydrogen-bond acceptors (Lipinski definition) is 5. The molecule has 10 heteroatoms. The predicted molar refractivity (Wildman–Crippen MR) is 88.3 cm³/mol. The van der Waals surface area contributed by atoms with Crippen LogP contribution in [0.25, 0.3) is 16.8 Å². The van der Waals surface area contributed by atoms with Gasteiger partial charge in [-0.15, -0.1) is 5.10 Å². The van der Waals surface area contributed by atoms with Crippen LogP contribution in [-0.2, 0) is 22.1 Å². The third-order valence-corrected chi connectivity index (χ3v) is 4.38. The average molecular weight is 385 g/mol. The Morgan fingerprint density at radius 1 is 1.23 bits per heavy atom. The highest BCUT2D eigenvalue weighted by Crippen LogP contribution is 2.38. The molecular formula is C16H14F3N3O3S. The molecule has 0 N–H and O–H groups in total. The molecule has 0 aliphatic carbocycles. The number of halogens is 3. The SMILES string of the molecule is COCOc1cc(C(F)(F)F)ccc1-c1nnc([S+](C)[O-])n2cccc12. The highest BCUT2D eigenvalue weighted by molar-refractivity contribution is 7.90. The van der Waals surface area contributed by atoms with E-state index in [9.17, 15) is 17.7 Å². The number of hydrogen-bond donors (Lipinski definition) is 0. The van der Waals surface area contributed by atoms with E-state index >= 15 is 0 Å². The number of nitrogens with zero attached hydrogens (tertiary/aromatic N) is 3. The van der Waals surface area contributed by atoms with Crippen molar-refractivity contribution in [1.82, 2.24) is 14.6 Å². The van der Waals surface area contributed by atoms with Crippen LogP contribution in [0.5, 0.6) is 5.75 Å². The van der Waals surface area contributed by atoms with Gasteiger partial charge in [0, 0.05) is 30.0 Å². The maximum Gasteiger partial charge on any atom is 0.416 e. The summed E-state index contributed by atoms with van der Waals surface area (Å²) in [6, 6.07) is 6.52. The molecule has 3 aromatic rings. The van der Waals surface area contributed by atoms with Crippen molar-refractivity contribution in [3.63, 3.8) is 0 Å². The number of rotatable bonds is 5. The molecule has 2 heterocycles. The van der Waals surface area contributed by atoms with E-state index in [1.807, 2.05) is 0 Å². The van der Waals surface area contributed by atoms with Crippen molar-refractivity contribution in [2.75, 3.05) is 20.2 Å². The molecule has 0 saturated heterocycles. The van der Waals surface area contributed by atoms with E-state index in [0.29, 0.717) is 16.8 Å². The first-order valence-electron chi connectivity index (χ1n) is 7.33. The smallest absolute Gasteiger partial charge is 0.416 e. The Balaban J connectivity index is 2.18. The topological polar surface area (TPSA) is 71.7 Å². The monoisotopic (exact) mass is 385 g/mol. The molecule has 138 valence electrons. The molecule has 3 rings (SSSR count). The second kappa shape index (κ2) is 7.14. The van der Waals surface area contributed by atoms with E-state index in [2.05, 4.69) is 10.2 Å². The van der Waals surface area contributed by atoms with Crippen LogP contribution in [0.3, 0.4) is 0 Å². The summed E-state index contributed by atoms with van der Waals surface area (Å²) < 4.78 is 62.5. The molecule has 0 aliphatic rings. The van der Waals surface area contributed by atoms with Crippen LogP contribution in [0.15, 0.2) is 41.7 Å². The zero-order chi connectivity index (χ0) is 18.9. The first-order valence-corrected chi connectivity index (χ1v) is 8.89. The van der Waals surface area contributed by atoms with Crippen molar-refractivity contribution in [3.05, 3.63) is 42.1 Å². The summed E-state index contributed by atoms with van der Waals surface area (Å²) in [5, 5.41) is 8.25. The second-order valence-electron chi connectivity index (χ2n) is 5.31. The summed E-state index contributed by atoms with van der Waals surface area (Å²) in [6.45, 7) is -0.226. The van der Waals surface area contributed by atoms with E-state index in [1.165, 1.54) is 19.4 Å².